The fraction of sp³-hybridized carbons (Fsp3) is 0.588. The van der Waals surface area contributed by atoms with Gasteiger partial charge in [0.05, 0.1) is 13.1 Å². The summed E-state index contributed by atoms with van der Waals surface area (Å²) in [5.41, 5.74) is 1.10. The largest absolute Gasteiger partial charge is 0.346 e. The van der Waals surface area contributed by atoms with E-state index in [1.807, 2.05) is 23.2 Å². The van der Waals surface area contributed by atoms with Gasteiger partial charge < -0.3 is 15.5 Å². The minimum absolute atomic E-state index is 0.0185. The van der Waals surface area contributed by atoms with Crippen LogP contribution in [0, 0.1) is 0 Å². The van der Waals surface area contributed by atoms with E-state index in [2.05, 4.69) is 20.5 Å². The van der Waals surface area contributed by atoms with Crippen LogP contribution < -0.4 is 10.6 Å². The number of likely N-dealkylation sites (tertiary alicyclic amines) is 1. The zero-order valence-electron chi connectivity index (χ0n) is 13.9. The first-order chi connectivity index (χ1) is 11.7. The molecule has 24 heavy (non-hydrogen) atoms. The zero-order chi connectivity index (χ0) is 16.8. The Bertz CT molecular complexity index is 559. The molecule has 2 aliphatic heterocycles. The van der Waals surface area contributed by atoms with Crippen molar-refractivity contribution in [2.45, 2.75) is 18.9 Å². The van der Waals surface area contributed by atoms with Crippen LogP contribution in [-0.4, -0.2) is 72.4 Å². The first kappa shape index (κ1) is 16.9. The maximum Gasteiger partial charge on any atom is 0.241 e. The molecule has 0 radical (unpaired) electrons. The number of amides is 2. The van der Waals surface area contributed by atoms with Gasteiger partial charge in [-0.3, -0.25) is 19.5 Å². The highest BCUT2D eigenvalue weighted by atomic mass is 16.2. The van der Waals surface area contributed by atoms with Gasteiger partial charge >= 0.3 is 0 Å². The van der Waals surface area contributed by atoms with Crippen LogP contribution in [0.3, 0.4) is 0 Å². The van der Waals surface area contributed by atoms with Gasteiger partial charge in [-0.1, -0.05) is 6.07 Å². The Kier molecular flexibility index (Phi) is 5.77. The standard InChI is InChI=1S/C17H25N5O2/c23-16(20-12-17(24)21-7-1-2-8-21)13-22-9-6-19-11-15(22)14-4-3-5-18-10-14/h3-5,10,15,19H,1-2,6-9,11-13H2,(H,20,23). The van der Waals surface area contributed by atoms with E-state index in [0.717, 1.165) is 51.1 Å². The van der Waals surface area contributed by atoms with Gasteiger partial charge in [-0.15, -0.1) is 0 Å². The second-order valence-corrected chi connectivity index (χ2v) is 6.34. The Hall–Kier alpha value is -1.99. The molecule has 130 valence electrons. The van der Waals surface area contributed by atoms with Crippen molar-refractivity contribution in [2.75, 3.05) is 45.8 Å². The molecule has 2 fully saturated rings. The van der Waals surface area contributed by atoms with E-state index in [0.29, 0.717) is 6.54 Å². The molecule has 1 aromatic heterocycles. The Labute approximate surface area is 142 Å². The molecule has 7 nitrogen and oxygen atoms in total. The zero-order valence-corrected chi connectivity index (χ0v) is 13.9. The number of aromatic nitrogens is 1. The normalized spacial score (nSPS) is 21.7. The average molecular weight is 331 g/mol. The van der Waals surface area contributed by atoms with Crippen LogP contribution in [-0.2, 0) is 9.59 Å². The monoisotopic (exact) mass is 331 g/mol. The molecule has 3 heterocycles. The summed E-state index contributed by atoms with van der Waals surface area (Å²) in [5, 5.41) is 6.13. The summed E-state index contributed by atoms with van der Waals surface area (Å²) in [6.45, 7) is 4.48. The molecule has 1 unspecified atom stereocenters. The van der Waals surface area contributed by atoms with Crippen molar-refractivity contribution in [1.29, 1.82) is 0 Å². The van der Waals surface area contributed by atoms with Gasteiger partial charge in [0.25, 0.3) is 0 Å². The predicted octanol–water partition coefficient (Wildman–Crippen LogP) is -0.233. The molecule has 2 amide bonds. The molecule has 7 heteroatoms. The fourth-order valence-electron chi connectivity index (χ4n) is 3.33. The van der Waals surface area contributed by atoms with Crippen LogP contribution in [0.2, 0.25) is 0 Å². The summed E-state index contributed by atoms with van der Waals surface area (Å²) in [6.07, 6.45) is 5.72. The molecule has 1 aromatic rings. The minimum Gasteiger partial charge on any atom is -0.346 e. The highest BCUT2D eigenvalue weighted by molar-refractivity contribution is 5.85. The number of piperazine rings is 1. The number of rotatable bonds is 5. The second kappa shape index (κ2) is 8.21. The molecule has 0 saturated carbocycles. The Morgan fingerprint density at radius 1 is 1.29 bits per heavy atom. The lowest BCUT2D eigenvalue weighted by Gasteiger charge is -2.35. The van der Waals surface area contributed by atoms with E-state index in [1.54, 1.807) is 6.20 Å². The summed E-state index contributed by atoms with van der Waals surface area (Å²) in [6, 6.07) is 4.08. The molecule has 0 aromatic carbocycles. The van der Waals surface area contributed by atoms with E-state index >= 15 is 0 Å². The first-order valence-corrected chi connectivity index (χ1v) is 8.63. The van der Waals surface area contributed by atoms with Crippen LogP contribution in [0.4, 0.5) is 0 Å². The van der Waals surface area contributed by atoms with Gasteiger partial charge in [0.15, 0.2) is 0 Å². The number of nitrogens with one attached hydrogen (secondary N) is 2. The predicted molar refractivity (Wildman–Crippen MR) is 90.2 cm³/mol. The van der Waals surface area contributed by atoms with Gasteiger partial charge in [-0.05, 0) is 24.5 Å². The van der Waals surface area contributed by atoms with Crippen molar-refractivity contribution in [1.82, 2.24) is 25.4 Å². The highest BCUT2D eigenvalue weighted by Crippen LogP contribution is 2.20. The van der Waals surface area contributed by atoms with Crippen molar-refractivity contribution in [2.24, 2.45) is 0 Å². The lowest BCUT2D eigenvalue weighted by Crippen LogP contribution is -2.50. The molecule has 0 bridgehead atoms. The minimum atomic E-state index is -0.0988. The number of hydrogen-bond acceptors (Lipinski definition) is 5. The van der Waals surface area contributed by atoms with Crippen molar-refractivity contribution in [3.63, 3.8) is 0 Å². The number of carbonyl (C=O) groups is 2. The molecule has 2 saturated heterocycles. The lowest BCUT2D eigenvalue weighted by atomic mass is 10.1. The molecule has 0 aliphatic carbocycles. The third kappa shape index (κ3) is 4.30. The van der Waals surface area contributed by atoms with E-state index in [4.69, 9.17) is 0 Å². The summed E-state index contributed by atoms with van der Waals surface area (Å²) in [4.78, 5) is 32.4. The Morgan fingerprint density at radius 2 is 2.12 bits per heavy atom. The smallest absolute Gasteiger partial charge is 0.241 e. The number of carbonyl (C=O) groups excluding carboxylic acids is 2. The van der Waals surface area contributed by atoms with E-state index in [9.17, 15) is 9.59 Å². The quantitative estimate of drug-likeness (QED) is 0.779. The SMILES string of the molecule is O=C(CN1CCNCC1c1cccnc1)NCC(=O)N1CCCC1. The van der Waals surface area contributed by atoms with Crippen LogP contribution in [0.1, 0.15) is 24.4 Å². The summed E-state index contributed by atoms with van der Waals surface area (Å²) in [7, 11) is 0. The van der Waals surface area contributed by atoms with Gasteiger partial charge in [-0.2, -0.15) is 0 Å². The third-order valence-corrected chi connectivity index (χ3v) is 4.67. The topological polar surface area (TPSA) is 77.6 Å². The van der Waals surface area contributed by atoms with Gasteiger partial charge in [0, 0.05) is 51.2 Å². The van der Waals surface area contributed by atoms with Crippen molar-refractivity contribution in [3.8, 4) is 0 Å². The fourth-order valence-corrected chi connectivity index (χ4v) is 3.33. The van der Waals surface area contributed by atoms with Gasteiger partial charge in [0.1, 0.15) is 0 Å². The van der Waals surface area contributed by atoms with Gasteiger partial charge in [-0.25, -0.2) is 0 Å². The van der Waals surface area contributed by atoms with Crippen LogP contribution in [0.5, 0.6) is 0 Å². The Balaban J connectivity index is 1.51. The highest BCUT2D eigenvalue weighted by Gasteiger charge is 2.26. The van der Waals surface area contributed by atoms with Crippen LogP contribution in [0.25, 0.3) is 0 Å². The average Bonchev–Trinajstić information content (AvgIpc) is 3.16. The number of hydrogen-bond donors (Lipinski definition) is 2. The second-order valence-electron chi connectivity index (χ2n) is 6.34. The molecule has 2 aliphatic rings. The van der Waals surface area contributed by atoms with Crippen LogP contribution in [0.15, 0.2) is 24.5 Å². The molecule has 3 rings (SSSR count). The van der Waals surface area contributed by atoms with Crippen molar-refractivity contribution >= 4 is 11.8 Å². The van der Waals surface area contributed by atoms with Crippen molar-refractivity contribution < 1.29 is 9.59 Å². The van der Waals surface area contributed by atoms with Crippen molar-refractivity contribution in [3.05, 3.63) is 30.1 Å². The molecule has 2 N–H and O–H groups in total. The summed E-state index contributed by atoms with van der Waals surface area (Å²) >= 11 is 0. The molecular formula is C17H25N5O2. The van der Waals surface area contributed by atoms with E-state index in [-0.39, 0.29) is 24.4 Å². The Morgan fingerprint density at radius 3 is 2.88 bits per heavy atom. The molecular weight excluding hydrogens is 306 g/mol. The number of pyridine rings is 1. The first-order valence-electron chi connectivity index (χ1n) is 8.63. The number of nitrogens with zero attached hydrogens (tertiary/aromatic N) is 3. The third-order valence-electron chi connectivity index (χ3n) is 4.67. The van der Waals surface area contributed by atoms with E-state index in [1.165, 1.54) is 0 Å². The van der Waals surface area contributed by atoms with Gasteiger partial charge in [0.2, 0.25) is 11.8 Å². The van der Waals surface area contributed by atoms with E-state index < -0.39 is 0 Å². The maximum atomic E-state index is 12.2. The summed E-state index contributed by atoms with van der Waals surface area (Å²) in [5.74, 6) is -0.0803. The molecule has 1 atom stereocenters. The lowest BCUT2D eigenvalue weighted by molar-refractivity contribution is -0.132. The molecule has 0 spiro atoms. The summed E-state index contributed by atoms with van der Waals surface area (Å²) < 4.78 is 0. The van der Waals surface area contributed by atoms with Crippen LogP contribution >= 0.6 is 0 Å². The maximum absolute atomic E-state index is 12.2.